The number of amides is 1. The highest BCUT2D eigenvalue weighted by atomic mass is 35.5. The molecule has 160 valence electrons. The van der Waals surface area contributed by atoms with E-state index in [0.29, 0.717) is 42.7 Å². The Balaban J connectivity index is 1.73. The maximum Gasteiger partial charge on any atom is 0.410 e. The molecule has 3 rings (SSSR count). The van der Waals surface area contributed by atoms with E-state index in [9.17, 15) is 9.59 Å². The Kier molecular flexibility index (Phi) is 6.31. The lowest BCUT2D eigenvalue weighted by Gasteiger charge is -2.42. The van der Waals surface area contributed by atoms with Crippen LogP contribution in [0.5, 0.6) is 5.75 Å². The van der Waals surface area contributed by atoms with Crippen molar-refractivity contribution < 1.29 is 24.2 Å². The lowest BCUT2D eigenvalue weighted by Crippen LogP contribution is -2.55. The average Bonchev–Trinajstić information content (AvgIpc) is 2.78. The number of carbonyl (C=O) groups is 2. The first kappa shape index (κ1) is 21.4. The molecule has 1 fully saturated rings. The minimum absolute atomic E-state index is 0.00295. The number of carboxylic acid groups (broad SMARTS) is 1. The Morgan fingerprint density at radius 2 is 2.10 bits per heavy atom. The van der Waals surface area contributed by atoms with Gasteiger partial charge in [0, 0.05) is 38.7 Å². The molecule has 1 atom stereocenters. The van der Waals surface area contributed by atoms with Gasteiger partial charge in [-0.2, -0.15) is 0 Å². The van der Waals surface area contributed by atoms with Gasteiger partial charge in [-0.15, -0.1) is 0 Å². The molecule has 8 nitrogen and oxygen atoms in total. The van der Waals surface area contributed by atoms with Crippen molar-refractivity contribution >= 4 is 35.0 Å². The molecule has 2 N–H and O–H groups in total. The van der Waals surface area contributed by atoms with Gasteiger partial charge in [-0.25, -0.2) is 4.79 Å². The predicted molar refractivity (Wildman–Crippen MR) is 111 cm³/mol. The van der Waals surface area contributed by atoms with Crippen molar-refractivity contribution in [3.05, 3.63) is 17.2 Å². The summed E-state index contributed by atoms with van der Waals surface area (Å²) in [5, 5.41) is 12.4. The van der Waals surface area contributed by atoms with Crippen LogP contribution >= 0.6 is 11.6 Å². The fourth-order valence-corrected chi connectivity index (χ4v) is 3.76. The predicted octanol–water partition coefficient (Wildman–Crippen LogP) is 3.43. The number of fused-ring (bicyclic) bond motifs is 3. The van der Waals surface area contributed by atoms with E-state index in [2.05, 4.69) is 10.2 Å². The molecule has 9 heteroatoms. The van der Waals surface area contributed by atoms with Crippen molar-refractivity contribution in [2.75, 3.05) is 43.0 Å². The Morgan fingerprint density at radius 1 is 1.34 bits per heavy atom. The highest BCUT2D eigenvalue weighted by Gasteiger charge is 2.35. The summed E-state index contributed by atoms with van der Waals surface area (Å²) in [5.41, 5.74) is 1.02. The van der Waals surface area contributed by atoms with Crippen molar-refractivity contribution in [3.63, 3.8) is 0 Å². The van der Waals surface area contributed by atoms with Crippen LogP contribution in [0, 0.1) is 0 Å². The molecule has 1 amide bonds. The Labute approximate surface area is 175 Å². The molecule has 1 saturated heterocycles. The summed E-state index contributed by atoms with van der Waals surface area (Å²) < 4.78 is 11.5. The summed E-state index contributed by atoms with van der Waals surface area (Å²) in [6.07, 6.45) is 0.481. The summed E-state index contributed by atoms with van der Waals surface area (Å²) in [5.74, 6) is -0.161. The molecule has 0 aromatic heterocycles. The molecule has 0 unspecified atom stereocenters. The van der Waals surface area contributed by atoms with Crippen LogP contribution in [0.15, 0.2) is 12.1 Å². The van der Waals surface area contributed by atoms with Crippen molar-refractivity contribution in [2.24, 2.45) is 0 Å². The van der Waals surface area contributed by atoms with E-state index >= 15 is 0 Å². The number of nitrogens with one attached hydrogen (secondary N) is 1. The van der Waals surface area contributed by atoms with Gasteiger partial charge in [0.05, 0.1) is 35.5 Å². The number of hydrogen-bond acceptors (Lipinski definition) is 6. The third-order valence-electron chi connectivity index (χ3n) is 4.86. The van der Waals surface area contributed by atoms with E-state index in [1.54, 1.807) is 4.90 Å². The van der Waals surface area contributed by atoms with E-state index in [4.69, 9.17) is 26.2 Å². The van der Waals surface area contributed by atoms with Gasteiger partial charge < -0.3 is 29.7 Å². The summed E-state index contributed by atoms with van der Waals surface area (Å²) in [4.78, 5) is 27.2. The van der Waals surface area contributed by atoms with Crippen LogP contribution in [0.2, 0.25) is 5.02 Å². The van der Waals surface area contributed by atoms with Gasteiger partial charge in [-0.1, -0.05) is 11.6 Å². The zero-order chi connectivity index (χ0) is 21.2. The van der Waals surface area contributed by atoms with Crippen molar-refractivity contribution in [3.8, 4) is 5.75 Å². The SMILES string of the molecule is CC(C)(C)OC(=O)N1CCN2c3cc(Cl)c(NCCC(=O)O)cc3OCC[C@H]2C1. The van der Waals surface area contributed by atoms with Crippen molar-refractivity contribution in [1.82, 2.24) is 4.90 Å². The minimum atomic E-state index is -0.870. The molecule has 2 heterocycles. The van der Waals surface area contributed by atoms with E-state index < -0.39 is 11.6 Å². The van der Waals surface area contributed by atoms with Crippen LogP contribution in [0.1, 0.15) is 33.6 Å². The number of benzene rings is 1. The van der Waals surface area contributed by atoms with Gasteiger partial charge in [-0.05, 0) is 26.8 Å². The molecule has 29 heavy (non-hydrogen) atoms. The van der Waals surface area contributed by atoms with Crippen LogP contribution in [0.25, 0.3) is 0 Å². The number of halogens is 1. The zero-order valence-electron chi connectivity index (χ0n) is 17.0. The van der Waals surface area contributed by atoms with Crippen LogP contribution in [0.4, 0.5) is 16.2 Å². The second-order valence-corrected chi connectivity index (χ2v) is 8.69. The van der Waals surface area contributed by atoms with E-state index in [1.807, 2.05) is 32.9 Å². The highest BCUT2D eigenvalue weighted by molar-refractivity contribution is 6.33. The number of hydrogen-bond donors (Lipinski definition) is 2. The maximum atomic E-state index is 12.4. The molecule has 0 spiro atoms. The number of rotatable bonds is 4. The molecule has 2 aliphatic heterocycles. The molecule has 1 aromatic carbocycles. The molecule has 0 aliphatic carbocycles. The molecule has 2 aliphatic rings. The zero-order valence-corrected chi connectivity index (χ0v) is 17.8. The number of carbonyl (C=O) groups excluding carboxylic acids is 1. The molecular weight excluding hydrogens is 398 g/mol. The molecular formula is C20H28ClN3O5. The first-order chi connectivity index (χ1) is 13.6. The Hall–Kier alpha value is -2.35. The van der Waals surface area contributed by atoms with Gasteiger partial charge in [0.25, 0.3) is 0 Å². The second-order valence-electron chi connectivity index (χ2n) is 8.28. The first-order valence-electron chi connectivity index (χ1n) is 9.80. The molecule has 0 bridgehead atoms. The van der Waals surface area contributed by atoms with Gasteiger partial charge in [-0.3, -0.25) is 4.79 Å². The quantitative estimate of drug-likeness (QED) is 0.763. The van der Waals surface area contributed by atoms with Crippen LogP contribution in [-0.2, 0) is 9.53 Å². The average molecular weight is 426 g/mol. The summed E-state index contributed by atoms with van der Waals surface area (Å²) in [6, 6.07) is 3.78. The number of nitrogens with zero attached hydrogens (tertiary/aromatic N) is 2. The van der Waals surface area contributed by atoms with Crippen molar-refractivity contribution in [2.45, 2.75) is 45.3 Å². The fourth-order valence-electron chi connectivity index (χ4n) is 3.54. The van der Waals surface area contributed by atoms with E-state index in [-0.39, 0.29) is 25.1 Å². The van der Waals surface area contributed by atoms with Crippen LogP contribution in [-0.4, -0.2) is 66.5 Å². The van der Waals surface area contributed by atoms with Gasteiger partial charge in [0.1, 0.15) is 11.4 Å². The monoisotopic (exact) mass is 425 g/mol. The van der Waals surface area contributed by atoms with Crippen LogP contribution < -0.4 is 15.0 Å². The number of carboxylic acids is 1. The van der Waals surface area contributed by atoms with Crippen LogP contribution in [0.3, 0.4) is 0 Å². The first-order valence-corrected chi connectivity index (χ1v) is 10.2. The van der Waals surface area contributed by atoms with Gasteiger partial charge in [0.2, 0.25) is 0 Å². The molecule has 0 saturated carbocycles. The number of aliphatic carboxylic acids is 1. The van der Waals surface area contributed by atoms with E-state index in [1.165, 1.54) is 0 Å². The number of piperazine rings is 1. The van der Waals surface area contributed by atoms with E-state index in [0.717, 1.165) is 12.1 Å². The maximum absolute atomic E-state index is 12.4. The third kappa shape index (κ3) is 5.38. The summed E-state index contributed by atoms with van der Waals surface area (Å²) >= 11 is 6.44. The second kappa shape index (κ2) is 8.57. The molecule has 0 radical (unpaired) electrons. The molecule has 1 aromatic rings. The standard InChI is InChI=1S/C20H28ClN3O5/c1-20(2,3)29-19(27)23-7-8-24-13(12-23)5-9-28-17-11-15(14(21)10-16(17)24)22-6-4-18(25)26/h10-11,13,22H,4-9,12H2,1-3H3,(H,25,26)/t13-/m0/s1. The Bertz CT molecular complexity index is 780. The Morgan fingerprint density at radius 3 is 2.79 bits per heavy atom. The van der Waals surface area contributed by atoms with Crippen molar-refractivity contribution in [1.29, 1.82) is 0 Å². The normalized spacial score (nSPS) is 18.8. The third-order valence-corrected chi connectivity index (χ3v) is 5.17. The van der Waals surface area contributed by atoms with Gasteiger partial charge >= 0.3 is 12.1 Å². The number of ether oxygens (including phenoxy) is 2. The largest absolute Gasteiger partial charge is 0.491 e. The smallest absolute Gasteiger partial charge is 0.410 e. The summed E-state index contributed by atoms with van der Waals surface area (Å²) in [6.45, 7) is 8.16. The fraction of sp³-hybridized carbons (Fsp3) is 0.600. The lowest BCUT2D eigenvalue weighted by molar-refractivity contribution is -0.136. The number of anilines is 2. The lowest BCUT2D eigenvalue weighted by atomic mass is 10.1. The summed E-state index contributed by atoms with van der Waals surface area (Å²) in [7, 11) is 0. The van der Waals surface area contributed by atoms with Gasteiger partial charge in [0.15, 0.2) is 0 Å². The topological polar surface area (TPSA) is 91.3 Å². The highest BCUT2D eigenvalue weighted by Crippen LogP contribution is 2.40. The minimum Gasteiger partial charge on any atom is -0.491 e.